The monoisotopic (exact) mass is 235 g/mol. The molecular weight excluding hydrogens is 218 g/mol. The summed E-state index contributed by atoms with van der Waals surface area (Å²) in [4.78, 5) is 12.6. The molecule has 86 valence electrons. The molecule has 0 unspecified atom stereocenters. The third kappa shape index (κ3) is 5.61. The van der Waals surface area contributed by atoms with E-state index in [1.165, 1.54) is 5.57 Å². The third-order valence-corrected chi connectivity index (χ3v) is 2.93. The number of amides is 1. The van der Waals surface area contributed by atoms with Gasteiger partial charge >= 0.3 is 0 Å². The largest absolute Gasteiger partial charge is 0.352 e. The van der Waals surface area contributed by atoms with Crippen LogP contribution in [0.4, 0.5) is 0 Å². The number of hydrogen-bond donors (Lipinski definition) is 1. The van der Waals surface area contributed by atoms with Gasteiger partial charge in [-0.05, 0) is 26.0 Å². The van der Waals surface area contributed by atoms with Gasteiger partial charge in [-0.2, -0.15) is 0 Å². The summed E-state index contributed by atoms with van der Waals surface area (Å²) in [6.45, 7) is 4.66. The van der Waals surface area contributed by atoms with Gasteiger partial charge in [0.2, 0.25) is 5.91 Å². The molecular formula is C13H17NOS. The molecule has 3 heteroatoms. The van der Waals surface area contributed by atoms with Crippen LogP contribution in [0.5, 0.6) is 0 Å². The number of nitrogens with one attached hydrogen (secondary N) is 1. The summed E-state index contributed by atoms with van der Waals surface area (Å²) in [5.41, 5.74) is 1.22. The van der Waals surface area contributed by atoms with Crippen LogP contribution in [0.15, 0.2) is 46.9 Å². The highest BCUT2D eigenvalue weighted by atomic mass is 32.2. The lowest BCUT2D eigenvalue weighted by Gasteiger charge is -2.02. The van der Waals surface area contributed by atoms with Crippen molar-refractivity contribution in [2.45, 2.75) is 18.7 Å². The summed E-state index contributed by atoms with van der Waals surface area (Å²) in [7, 11) is 0. The van der Waals surface area contributed by atoms with Gasteiger partial charge in [0.15, 0.2) is 0 Å². The Bertz CT molecular complexity index is 355. The number of benzene rings is 1. The van der Waals surface area contributed by atoms with Crippen molar-refractivity contribution in [3.63, 3.8) is 0 Å². The molecule has 0 aliphatic rings. The van der Waals surface area contributed by atoms with Crippen molar-refractivity contribution in [1.29, 1.82) is 0 Å². The summed E-state index contributed by atoms with van der Waals surface area (Å²) >= 11 is 1.55. The van der Waals surface area contributed by atoms with Crippen molar-refractivity contribution in [2.24, 2.45) is 0 Å². The summed E-state index contributed by atoms with van der Waals surface area (Å²) in [5.74, 6) is 0.548. The average molecular weight is 235 g/mol. The molecule has 0 aliphatic heterocycles. The first-order valence-corrected chi connectivity index (χ1v) is 6.25. The highest BCUT2D eigenvalue weighted by Gasteiger charge is 2.00. The Hall–Kier alpha value is -1.22. The molecule has 2 nitrogen and oxygen atoms in total. The molecule has 0 radical (unpaired) electrons. The zero-order valence-electron chi connectivity index (χ0n) is 9.69. The van der Waals surface area contributed by atoms with E-state index < -0.39 is 0 Å². The lowest BCUT2D eigenvalue weighted by atomic mass is 10.3. The van der Waals surface area contributed by atoms with E-state index in [1.54, 1.807) is 11.8 Å². The molecule has 1 amide bonds. The molecule has 0 saturated carbocycles. The van der Waals surface area contributed by atoms with Crippen molar-refractivity contribution in [3.8, 4) is 0 Å². The van der Waals surface area contributed by atoms with Crippen molar-refractivity contribution in [2.75, 3.05) is 12.3 Å². The standard InChI is InChI=1S/C13H17NOS/c1-11(2)8-9-14-13(15)10-16-12-6-4-3-5-7-12/h3-8H,9-10H2,1-2H3,(H,14,15). The molecule has 1 aromatic rings. The van der Waals surface area contributed by atoms with Gasteiger partial charge in [0.1, 0.15) is 0 Å². The van der Waals surface area contributed by atoms with Crippen LogP contribution in [0.25, 0.3) is 0 Å². The molecule has 0 heterocycles. The van der Waals surface area contributed by atoms with Crippen molar-refractivity contribution in [3.05, 3.63) is 42.0 Å². The molecule has 0 aliphatic carbocycles. The van der Waals surface area contributed by atoms with Gasteiger partial charge in [0, 0.05) is 11.4 Å². The Morgan fingerprint density at radius 3 is 2.62 bits per heavy atom. The number of allylic oxidation sites excluding steroid dienone is 1. The van der Waals surface area contributed by atoms with Gasteiger partial charge in [-0.15, -0.1) is 11.8 Å². The summed E-state index contributed by atoms with van der Waals surface area (Å²) in [6, 6.07) is 9.94. The molecule has 1 N–H and O–H groups in total. The Morgan fingerprint density at radius 2 is 2.00 bits per heavy atom. The minimum atomic E-state index is 0.0753. The normalized spacial score (nSPS) is 9.62. The maximum atomic E-state index is 11.4. The van der Waals surface area contributed by atoms with E-state index in [1.807, 2.05) is 50.3 Å². The number of carbonyl (C=O) groups excluding carboxylic acids is 1. The van der Waals surface area contributed by atoms with Crippen LogP contribution in [0.3, 0.4) is 0 Å². The first-order valence-electron chi connectivity index (χ1n) is 5.26. The average Bonchev–Trinajstić information content (AvgIpc) is 2.27. The van der Waals surface area contributed by atoms with E-state index in [0.717, 1.165) is 4.90 Å². The molecule has 16 heavy (non-hydrogen) atoms. The second-order valence-corrected chi connectivity index (χ2v) is 4.74. The zero-order valence-corrected chi connectivity index (χ0v) is 10.5. The zero-order chi connectivity index (χ0) is 11.8. The predicted molar refractivity (Wildman–Crippen MR) is 69.6 cm³/mol. The van der Waals surface area contributed by atoms with Gasteiger partial charge in [-0.1, -0.05) is 29.8 Å². The smallest absolute Gasteiger partial charge is 0.230 e. The maximum Gasteiger partial charge on any atom is 0.230 e. The van der Waals surface area contributed by atoms with Crippen molar-refractivity contribution in [1.82, 2.24) is 5.32 Å². The van der Waals surface area contributed by atoms with Gasteiger partial charge in [0.05, 0.1) is 5.75 Å². The molecule has 0 atom stereocenters. The highest BCUT2D eigenvalue weighted by Crippen LogP contribution is 2.15. The molecule has 1 rings (SSSR count). The van der Waals surface area contributed by atoms with Crippen LogP contribution in [-0.2, 0) is 4.79 Å². The van der Waals surface area contributed by atoms with Crippen LogP contribution in [0, 0.1) is 0 Å². The fraction of sp³-hybridized carbons (Fsp3) is 0.308. The van der Waals surface area contributed by atoms with Crippen LogP contribution < -0.4 is 5.32 Å². The highest BCUT2D eigenvalue weighted by molar-refractivity contribution is 8.00. The topological polar surface area (TPSA) is 29.1 Å². The lowest BCUT2D eigenvalue weighted by Crippen LogP contribution is -2.25. The molecule has 0 aromatic heterocycles. The fourth-order valence-electron chi connectivity index (χ4n) is 1.09. The predicted octanol–water partition coefficient (Wildman–Crippen LogP) is 2.86. The van der Waals surface area contributed by atoms with Gasteiger partial charge in [-0.3, -0.25) is 4.79 Å². The van der Waals surface area contributed by atoms with E-state index in [0.29, 0.717) is 12.3 Å². The number of thioether (sulfide) groups is 1. The van der Waals surface area contributed by atoms with E-state index >= 15 is 0 Å². The molecule has 0 bridgehead atoms. The van der Waals surface area contributed by atoms with Gasteiger partial charge < -0.3 is 5.32 Å². The van der Waals surface area contributed by atoms with Crippen LogP contribution in [0.1, 0.15) is 13.8 Å². The van der Waals surface area contributed by atoms with Crippen molar-refractivity contribution < 1.29 is 4.79 Å². The summed E-state index contributed by atoms with van der Waals surface area (Å²) in [6.07, 6.45) is 2.01. The Balaban J connectivity index is 2.23. The third-order valence-electron chi connectivity index (χ3n) is 1.92. The Morgan fingerprint density at radius 1 is 1.31 bits per heavy atom. The first-order chi connectivity index (χ1) is 7.68. The first kappa shape index (κ1) is 12.8. The Labute approximate surface area is 101 Å². The van der Waals surface area contributed by atoms with E-state index in [4.69, 9.17) is 0 Å². The van der Waals surface area contributed by atoms with Crippen LogP contribution in [-0.4, -0.2) is 18.2 Å². The molecule has 0 fully saturated rings. The summed E-state index contributed by atoms with van der Waals surface area (Å²) < 4.78 is 0. The number of hydrogen-bond acceptors (Lipinski definition) is 2. The van der Waals surface area contributed by atoms with Crippen LogP contribution in [0.2, 0.25) is 0 Å². The minimum absolute atomic E-state index is 0.0753. The second-order valence-electron chi connectivity index (χ2n) is 3.69. The van der Waals surface area contributed by atoms with E-state index in [2.05, 4.69) is 5.32 Å². The number of rotatable bonds is 5. The Kier molecular flexibility index (Phi) is 5.72. The van der Waals surface area contributed by atoms with E-state index in [9.17, 15) is 4.79 Å². The van der Waals surface area contributed by atoms with Gasteiger partial charge in [-0.25, -0.2) is 0 Å². The SMILES string of the molecule is CC(C)=CCNC(=O)CSc1ccccc1. The molecule has 1 aromatic carbocycles. The maximum absolute atomic E-state index is 11.4. The molecule has 0 spiro atoms. The number of carbonyl (C=O) groups is 1. The fourth-order valence-corrected chi connectivity index (χ4v) is 1.84. The van der Waals surface area contributed by atoms with Crippen molar-refractivity contribution >= 4 is 17.7 Å². The van der Waals surface area contributed by atoms with E-state index in [-0.39, 0.29) is 5.91 Å². The molecule has 0 saturated heterocycles. The quantitative estimate of drug-likeness (QED) is 0.628. The van der Waals surface area contributed by atoms with Gasteiger partial charge in [0.25, 0.3) is 0 Å². The summed E-state index contributed by atoms with van der Waals surface area (Å²) in [5, 5.41) is 2.85. The van der Waals surface area contributed by atoms with Crippen LogP contribution >= 0.6 is 11.8 Å². The second kappa shape index (κ2) is 7.12. The lowest BCUT2D eigenvalue weighted by molar-refractivity contribution is -0.118. The minimum Gasteiger partial charge on any atom is -0.352 e.